The molecule has 0 aliphatic heterocycles. The second kappa shape index (κ2) is 6.13. The Morgan fingerprint density at radius 3 is 2.93 bits per heavy atom. The van der Waals surface area contributed by atoms with Crippen LogP contribution in [0.5, 0.6) is 0 Å². The molecule has 0 amide bonds. The molecule has 1 rings (SSSR count). The molecule has 1 aromatic rings. The number of halogens is 1. The Kier molecular flexibility index (Phi) is 5.10. The predicted molar refractivity (Wildman–Crippen MR) is 64.5 cm³/mol. The first-order chi connectivity index (χ1) is 6.74. The van der Waals surface area contributed by atoms with E-state index in [1.165, 1.54) is 0 Å². The van der Waals surface area contributed by atoms with Gasteiger partial charge in [0.2, 0.25) is 0 Å². The molecule has 0 atom stereocenters. The molecule has 0 saturated heterocycles. The van der Waals surface area contributed by atoms with E-state index in [1.54, 1.807) is 13.4 Å². The van der Waals surface area contributed by atoms with E-state index in [2.05, 4.69) is 37.5 Å². The van der Waals surface area contributed by atoms with E-state index in [1.807, 2.05) is 13.1 Å². The molecule has 0 aliphatic carbocycles. The SMILES string of the molecule is COCCCN(C)c1cc(I)ncn1. The summed E-state index contributed by atoms with van der Waals surface area (Å²) in [6, 6.07) is 1.97. The van der Waals surface area contributed by atoms with Gasteiger partial charge in [0, 0.05) is 33.4 Å². The van der Waals surface area contributed by atoms with Crippen LogP contribution >= 0.6 is 22.6 Å². The van der Waals surface area contributed by atoms with E-state index >= 15 is 0 Å². The summed E-state index contributed by atoms with van der Waals surface area (Å²) < 4.78 is 5.95. The quantitative estimate of drug-likeness (QED) is 0.470. The van der Waals surface area contributed by atoms with Gasteiger partial charge in [-0.25, -0.2) is 9.97 Å². The van der Waals surface area contributed by atoms with Crippen molar-refractivity contribution in [2.45, 2.75) is 6.42 Å². The summed E-state index contributed by atoms with van der Waals surface area (Å²) in [4.78, 5) is 10.3. The zero-order valence-electron chi connectivity index (χ0n) is 8.40. The van der Waals surface area contributed by atoms with Gasteiger partial charge in [0.05, 0.1) is 0 Å². The summed E-state index contributed by atoms with van der Waals surface area (Å²) in [5.74, 6) is 0.959. The van der Waals surface area contributed by atoms with Gasteiger partial charge in [-0.15, -0.1) is 0 Å². The Hall–Kier alpha value is -0.430. The number of ether oxygens (including phenoxy) is 1. The molecule has 5 heteroatoms. The molecule has 78 valence electrons. The highest BCUT2D eigenvalue weighted by Crippen LogP contribution is 2.10. The van der Waals surface area contributed by atoms with Gasteiger partial charge in [0.1, 0.15) is 15.8 Å². The van der Waals surface area contributed by atoms with Crippen molar-refractivity contribution in [3.05, 3.63) is 16.1 Å². The topological polar surface area (TPSA) is 38.2 Å². The van der Waals surface area contributed by atoms with Crippen LogP contribution < -0.4 is 4.90 Å². The van der Waals surface area contributed by atoms with E-state index in [0.717, 1.165) is 29.1 Å². The maximum Gasteiger partial charge on any atom is 0.132 e. The number of hydrogen-bond acceptors (Lipinski definition) is 4. The molecule has 1 aromatic heterocycles. The smallest absolute Gasteiger partial charge is 0.132 e. The highest BCUT2D eigenvalue weighted by Gasteiger charge is 2.02. The van der Waals surface area contributed by atoms with E-state index in [-0.39, 0.29) is 0 Å². The van der Waals surface area contributed by atoms with Gasteiger partial charge in [-0.3, -0.25) is 0 Å². The number of hydrogen-bond donors (Lipinski definition) is 0. The van der Waals surface area contributed by atoms with Gasteiger partial charge < -0.3 is 9.64 Å². The first kappa shape index (κ1) is 11.6. The Bertz CT molecular complexity index is 283. The molecular weight excluding hydrogens is 293 g/mol. The molecule has 0 spiro atoms. The van der Waals surface area contributed by atoms with Crippen LogP contribution in [0.15, 0.2) is 12.4 Å². The largest absolute Gasteiger partial charge is 0.385 e. The molecule has 0 aromatic carbocycles. The number of rotatable bonds is 5. The van der Waals surface area contributed by atoms with E-state index in [9.17, 15) is 0 Å². The van der Waals surface area contributed by atoms with Gasteiger partial charge in [0.25, 0.3) is 0 Å². The summed E-state index contributed by atoms with van der Waals surface area (Å²) in [5.41, 5.74) is 0. The molecule has 0 fully saturated rings. The van der Waals surface area contributed by atoms with Crippen LogP contribution in [-0.4, -0.2) is 37.3 Å². The number of anilines is 1. The van der Waals surface area contributed by atoms with Gasteiger partial charge in [-0.2, -0.15) is 0 Å². The molecule has 1 heterocycles. The first-order valence-electron chi connectivity index (χ1n) is 4.41. The van der Waals surface area contributed by atoms with Crippen LogP contribution in [0.25, 0.3) is 0 Å². The minimum absolute atomic E-state index is 0.784. The third-order valence-corrected chi connectivity index (χ3v) is 2.44. The average molecular weight is 307 g/mol. The summed E-state index contributed by atoms with van der Waals surface area (Å²) >= 11 is 2.18. The van der Waals surface area contributed by atoms with Crippen LogP contribution in [0, 0.1) is 3.70 Å². The summed E-state index contributed by atoms with van der Waals surface area (Å²) in [7, 11) is 3.74. The van der Waals surface area contributed by atoms with Gasteiger partial charge in [0.15, 0.2) is 0 Å². The standard InChI is InChI=1S/C9H14IN3O/c1-13(4-3-5-14-2)9-6-8(10)11-7-12-9/h6-7H,3-5H2,1-2H3. The van der Waals surface area contributed by atoms with Crippen molar-refractivity contribution in [2.75, 3.05) is 32.2 Å². The Balaban J connectivity index is 2.47. The lowest BCUT2D eigenvalue weighted by Gasteiger charge is -2.17. The molecule has 0 saturated carbocycles. The lowest BCUT2D eigenvalue weighted by atomic mass is 10.4. The van der Waals surface area contributed by atoms with E-state index < -0.39 is 0 Å². The molecular formula is C9H14IN3O. The minimum Gasteiger partial charge on any atom is -0.385 e. The number of methoxy groups -OCH3 is 1. The minimum atomic E-state index is 0.784. The second-order valence-corrected chi connectivity index (χ2v) is 4.07. The third kappa shape index (κ3) is 3.75. The Labute approximate surface area is 97.8 Å². The van der Waals surface area contributed by atoms with Crippen LogP contribution in [0.3, 0.4) is 0 Å². The van der Waals surface area contributed by atoms with Crippen molar-refractivity contribution in [2.24, 2.45) is 0 Å². The zero-order valence-corrected chi connectivity index (χ0v) is 10.6. The summed E-state index contributed by atoms with van der Waals surface area (Å²) in [6.45, 7) is 1.73. The summed E-state index contributed by atoms with van der Waals surface area (Å²) in [5, 5.41) is 0. The zero-order chi connectivity index (χ0) is 10.4. The lowest BCUT2D eigenvalue weighted by molar-refractivity contribution is 0.196. The van der Waals surface area contributed by atoms with Crippen molar-refractivity contribution in [1.82, 2.24) is 9.97 Å². The van der Waals surface area contributed by atoms with Crippen LogP contribution in [0.2, 0.25) is 0 Å². The number of aromatic nitrogens is 2. The van der Waals surface area contributed by atoms with Crippen molar-refractivity contribution < 1.29 is 4.74 Å². The Morgan fingerprint density at radius 2 is 2.29 bits per heavy atom. The molecule has 0 bridgehead atoms. The normalized spacial score (nSPS) is 10.2. The molecule has 0 radical (unpaired) electrons. The molecule has 4 nitrogen and oxygen atoms in total. The van der Waals surface area contributed by atoms with Crippen LogP contribution in [0.1, 0.15) is 6.42 Å². The third-order valence-electron chi connectivity index (χ3n) is 1.85. The molecule has 0 aliphatic rings. The molecule has 0 unspecified atom stereocenters. The van der Waals surface area contributed by atoms with Crippen molar-refractivity contribution >= 4 is 28.4 Å². The maximum absolute atomic E-state index is 4.99. The van der Waals surface area contributed by atoms with Gasteiger partial charge in [-0.1, -0.05) is 0 Å². The molecule has 0 N–H and O–H groups in total. The Morgan fingerprint density at radius 1 is 1.50 bits per heavy atom. The summed E-state index contributed by atoms with van der Waals surface area (Å²) in [6.07, 6.45) is 2.59. The number of nitrogens with zero attached hydrogens (tertiary/aromatic N) is 3. The van der Waals surface area contributed by atoms with Gasteiger partial charge >= 0.3 is 0 Å². The van der Waals surface area contributed by atoms with Crippen LogP contribution in [0.4, 0.5) is 5.82 Å². The highest BCUT2D eigenvalue weighted by molar-refractivity contribution is 14.1. The fourth-order valence-electron chi connectivity index (χ4n) is 1.09. The maximum atomic E-state index is 4.99. The van der Waals surface area contributed by atoms with Crippen molar-refractivity contribution in [3.63, 3.8) is 0 Å². The van der Waals surface area contributed by atoms with Crippen molar-refractivity contribution in [1.29, 1.82) is 0 Å². The molecule has 14 heavy (non-hydrogen) atoms. The second-order valence-electron chi connectivity index (χ2n) is 2.97. The highest BCUT2D eigenvalue weighted by atomic mass is 127. The van der Waals surface area contributed by atoms with Crippen LogP contribution in [-0.2, 0) is 4.74 Å². The fourth-order valence-corrected chi connectivity index (χ4v) is 1.50. The van der Waals surface area contributed by atoms with Gasteiger partial charge in [-0.05, 0) is 29.0 Å². The van der Waals surface area contributed by atoms with E-state index in [4.69, 9.17) is 4.74 Å². The van der Waals surface area contributed by atoms with Crippen molar-refractivity contribution in [3.8, 4) is 0 Å². The first-order valence-corrected chi connectivity index (χ1v) is 5.49. The average Bonchev–Trinajstić information content (AvgIpc) is 2.18. The monoisotopic (exact) mass is 307 g/mol. The fraction of sp³-hybridized carbons (Fsp3) is 0.556. The lowest BCUT2D eigenvalue weighted by Crippen LogP contribution is -2.21. The van der Waals surface area contributed by atoms with E-state index in [0.29, 0.717) is 0 Å². The predicted octanol–water partition coefficient (Wildman–Crippen LogP) is 1.55.